The summed E-state index contributed by atoms with van der Waals surface area (Å²) < 4.78 is 10.9. The van der Waals surface area contributed by atoms with Gasteiger partial charge >= 0.3 is 0 Å². The average molecular weight is 293 g/mol. The van der Waals surface area contributed by atoms with E-state index in [0.29, 0.717) is 34.4 Å². The van der Waals surface area contributed by atoms with Gasteiger partial charge < -0.3 is 14.6 Å². The van der Waals surface area contributed by atoms with Crippen LogP contribution in [0.2, 0.25) is 10.0 Å². The fourth-order valence-electron chi connectivity index (χ4n) is 1.39. The Bertz CT molecular complexity index is 405. The van der Waals surface area contributed by atoms with Crippen molar-refractivity contribution in [3.63, 3.8) is 0 Å². The van der Waals surface area contributed by atoms with Gasteiger partial charge in [0.15, 0.2) is 0 Å². The molecule has 1 aromatic rings. The highest BCUT2D eigenvalue weighted by Gasteiger charge is 2.17. The predicted octanol–water partition coefficient (Wildman–Crippen LogP) is 3.68. The lowest BCUT2D eigenvalue weighted by Crippen LogP contribution is -2.25. The molecule has 0 aliphatic heterocycles. The van der Waals surface area contributed by atoms with Gasteiger partial charge in [0.05, 0.1) is 23.8 Å². The van der Waals surface area contributed by atoms with Gasteiger partial charge in [0.1, 0.15) is 5.75 Å². The van der Waals surface area contributed by atoms with Gasteiger partial charge in [-0.25, -0.2) is 0 Å². The van der Waals surface area contributed by atoms with Crippen LogP contribution >= 0.6 is 23.2 Å². The van der Waals surface area contributed by atoms with Crippen molar-refractivity contribution < 1.29 is 14.6 Å². The molecule has 0 aromatic heterocycles. The number of hydrogen-bond donors (Lipinski definition) is 1. The maximum absolute atomic E-state index is 9.25. The Balaban J connectivity index is 2.73. The molecule has 0 atom stereocenters. The first kappa shape index (κ1) is 15.6. The Morgan fingerprint density at radius 3 is 2.50 bits per heavy atom. The molecule has 0 bridgehead atoms. The van der Waals surface area contributed by atoms with Crippen LogP contribution in [0.3, 0.4) is 0 Å². The number of halogens is 2. The van der Waals surface area contributed by atoms with Gasteiger partial charge in [-0.05, 0) is 26.0 Å². The highest BCUT2D eigenvalue weighted by molar-refractivity contribution is 6.35. The number of hydrogen-bond acceptors (Lipinski definition) is 3. The van der Waals surface area contributed by atoms with E-state index in [-0.39, 0.29) is 12.2 Å². The van der Waals surface area contributed by atoms with Gasteiger partial charge in [-0.3, -0.25) is 0 Å². The predicted molar refractivity (Wildman–Crippen MR) is 73.6 cm³/mol. The van der Waals surface area contributed by atoms with Crippen LogP contribution in [0, 0.1) is 0 Å². The molecule has 0 aliphatic carbocycles. The first-order chi connectivity index (χ1) is 8.39. The molecule has 0 radical (unpaired) electrons. The van der Waals surface area contributed by atoms with Crippen molar-refractivity contribution in [1.29, 1.82) is 0 Å². The molecule has 0 saturated heterocycles. The maximum atomic E-state index is 9.25. The third-order valence-electron chi connectivity index (χ3n) is 2.76. The quantitative estimate of drug-likeness (QED) is 0.869. The van der Waals surface area contributed by atoms with Crippen LogP contribution in [0.15, 0.2) is 12.1 Å². The van der Waals surface area contributed by atoms with Gasteiger partial charge in [0.2, 0.25) is 0 Å². The first-order valence-electron chi connectivity index (χ1n) is 5.66. The summed E-state index contributed by atoms with van der Waals surface area (Å²) in [5, 5.41) is 10.1. The lowest BCUT2D eigenvalue weighted by Gasteiger charge is -2.23. The highest BCUT2D eigenvalue weighted by Crippen LogP contribution is 2.32. The van der Waals surface area contributed by atoms with Crippen LogP contribution in [0.1, 0.15) is 25.8 Å². The minimum Gasteiger partial charge on any atom is -0.492 e. The van der Waals surface area contributed by atoms with Gasteiger partial charge in [0, 0.05) is 24.1 Å². The van der Waals surface area contributed by atoms with Crippen LogP contribution in [0.5, 0.6) is 5.75 Å². The number of benzene rings is 1. The van der Waals surface area contributed by atoms with Gasteiger partial charge in [0.25, 0.3) is 0 Å². The molecule has 1 rings (SSSR count). The van der Waals surface area contributed by atoms with E-state index in [2.05, 4.69) is 0 Å². The molecule has 102 valence electrons. The fraction of sp³-hybridized carbons (Fsp3) is 0.538. The summed E-state index contributed by atoms with van der Waals surface area (Å²) in [6.45, 7) is 4.25. The zero-order chi connectivity index (χ0) is 13.8. The SMILES string of the molecule is COC(C)(C)CCOc1c(Cl)cc(Cl)cc1CO. The fourth-order valence-corrected chi connectivity index (χ4v) is 1.98. The largest absolute Gasteiger partial charge is 0.492 e. The maximum Gasteiger partial charge on any atom is 0.143 e. The molecule has 0 amide bonds. The Hall–Kier alpha value is -0.480. The molecule has 0 unspecified atom stereocenters. The van der Waals surface area contributed by atoms with Crippen LogP contribution in [0.4, 0.5) is 0 Å². The second-order valence-electron chi connectivity index (χ2n) is 4.60. The van der Waals surface area contributed by atoms with Crippen LogP contribution in [-0.4, -0.2) is 24.4 Å². The standard InChI is InChI=1S/C13H18Cl2O3/c1-13(2,17-3)4-5-18-12-9(8-16)6-10(14)7-11(12)15/h6-7,16H,4-5,8H2,1-3H3. The number of methoxy groups -OCH3 is 1. The number of aliphatic hydroxyl groups is 1. The lowest BCUT2D eigenvalue weighted by molar-refractivity contribution is 0.00531. The summed E-state index contributed by atoms with van der Waals surface area (Å²) in [5.74, 6) is 0.482. The van der Waals surface area contributed by atoms with Gasteiger partial charge in [-0.15, -0.1) is 0 Å². The summed E-state index contributed by atoms with van der Waals surface area (Å²) in [6, 6.07) is 3.24. The minimum atomic E-state index is -0.252. The minimum absolute atomic E-state index is 0.163. The molecular formula is C13H18Cl2O3. The van der Waals surface area contributed by atoms with E-state index in [1.165, 1.54) is 0 Å². The van der Waals surface area contributed by atoms with Gasteiger partial charge in [-0.2, -0.15) is 0 Å². The summed E-state index contributed by atoms with van der Waals surface area (Å²) in [5.41, 5.74) is 0.334. The van der Waals surface area contributed by atoms with Crippen molar-refractivity contribution in [2.24, 2.45) is 0 Å². The van der Waals surface area contributed by atoms with E-state index >= 15 is 0 Å². The molecule has 1 aromatic carbocycles. The Morgan fingerprint density at radius 1 is 1.28 bits per heavy atom. The Morgan fingerprint density at radius 2 is 1.94 bits per heavy atom. The molecular weight excluding hydrogens is 275 g/mol. The number of aliphatic hydroxyl groups excluding tert-OH is 1. The van der Waals surface area contributed by atoms with Gasteiger partial charge in [-0.1, -0.05) is 23.2 Å². The topological polar surface area (TPSA) is 38.7 Å². The summed E-state index contributed by atoms with van der Waals surface area (Å²) in [7, 11) is 1.66. The molecule has 0 aliphatic rings. The zero-order valence-corrected chi connectivity index (χ0v) is 12.3. The molecule has 0 fully saturated rings. The van der Waals surface area contributed by atoms with E-state index in [9.17, 15) is 5.11 Å². The normalized spacial score (nSPS) is 11.7. The van der Waals surface area contributed by atoms with E-state index in [1.54, 1.807) is 19.2 Å². The third-order valence-corrected chi connectivity index (χ3v) is 3.26. The highest BCUT2D eigenvalue weighted by atomic mass is 35.5. The molecule has 0 saturated carbocycles. The first-order valence-corrected chi connectivity index (χ1v) is 6.42. The van der Waals surface area contributed by atoms with Crippen molar-refractivity contribution in [3.8, 4) is 5.75 Å². The monoisotopic (exact) mass is 292 g/mol. The molecule has 18 heavy (non-hydrogen) atoms. The average Bonchev–Trinajstić information content (AvgIpc) is 2.31. The van der Waals surface area contributed by atoms with Crippen LogP contribution < -0.4 is 4.74 Å². The van der Waals surface area contributed by atoms with Crippen molar-refractivity contribution in [3.05, 3.63) is 27.7 Å². The summed E-state index contributed by atoms with van der Waals surface area (Å²) in [4.78, 5) is 0. The number of rotatable bonds is 6. The molecule has 0 spiro atoms. The summed E-state index contributed by atoms with van der Waals surface area (Å²) in [6.07, 6.45) is 0.716. The van der Waals surface area contributed by atoms with E-state index in [1.807, 2.05) is 13.8 Å². The third kappa shape index (κ3) is 4.32. The Kier molecular flexibility index (Phi) is 5.73. The van der Waals surface area contributed by atoms with Crippen LogP contribution in [-0.2, 0) is 11.3 Å². The smallest absolute Gasteiger partial charge is 0.143 e. The van der Waals surface area contributed by atoms with E-state index < -0.39 is 0 Å². The summed E-state index contributed by atoms with van der Waals surface area (Å²) >= 11 is 11.9. The van der Waals surface area contributed by atoms with E-state index in [4.69, 9.17) is 32.7 Å². The van der Waals surface area contributed by atoms with Crippen molar-refractivity contribution in [2.45, 2.75) is 32.5 Å². The molecule has 3 nitrogen and oxygen atoms in total. The van der Waals surface area contributed by atoms with Crippen LogP contribution in [0.25, 0.3) is 0 Å². The molecule has 5 heteroatoms. The zero-order valence-electron chi connectivity index (χ0n) is 10.8. The second kappa shape index (κ2) is 6.62. The van der Waals surface area contributed by atoms with Crippen molar-refractivity contribution in [2.75, 3.05) is 13.7 Å². The molecule has 0 heterocycles. The van der Waals surface area contributed by atoms with Crippen molar-refractivity contribution in [1.82, 2.24) is 0 Å². The Labute approximate surface area is 118 Å². The second-order valence-corrected chi connectivity index (χ2v) is 5.44. The molecule has 1 N–H and O–H groups in total. The lowest BCUT2D eigenvalue weighted by atomic mass is 10.1. The van der Waals surface area contributed by atoms with E-state index in [0.717, 1.165) is 0 Å². The number of ether oxygens (including phenoxy) is 2. The van der Waals surface area contributed by atoms with Crippen molar-refractivity contribution >= 4 is 23.2 Å².